The molecule has 1 aliphatic rings. The van der Waals surface area contributed by atoms with Crippen molar-refractivity contribution in [3.8, 4) is 0 Å². The number of carbonyl (C=O) groups is 2. The Kier molecular flexibility index (Phi) is 3.72. The Labute approximate surface area is 105 Å². The molecule has 0 saturated heterocycles. The lowest BCUT2D eigenvalue weighted by Gasteiger charge is -2.12. The predicted octanol–water partition coefficient (Wildman–Crippen LogP) is 1.45. The lowest BCUT2D eigenvalue weighted by Crippen LogP contribution is -2.32. The van der Waals surface area contributed by atoms with Gasteiger partial charge in [0.25, 0.3) is 5.91 Å². The zero-order valence-corrected chi connectivity index (χ0v) is 10.2. The molecule has 5 heteroatoms. The number of aryl methyl sites for hydroxylation is 1. The number of anilines is 1. The number of benzene rings is 1. The maximum atomic E-state index is 11.9. The van der Waals surface area contributed by atoms with Gasteiger partial charge in [-0.2, -0.15) is 5.10 Å². The monoisotopic (exact) mass is 245 g/mol. The molecule has 0 spiro atoms. The van der Waals surface area contributed by atoms with E-state index in [9.17, 15) is 9.59 Å². The van der Waals surface area contributed by atoms with Gasteiger partial charge >= 0.3 is 0 Å². The van der Waals surface area contributed by atoms with Gasteiger partial charge in [-0.1, -0.05) is 19.1 Å². The molecule has 5 nitrogen and oxygen atoms in total. The van der Waals surface area contributed by atoms with E-state index >= 15 is 0 Å². The summed E-state index contributed by atoms with van der Waals surface area (Å²) >= 11 is 0. The second-order valence-corrected chi connectivity index (χ2v) is 4.10. The number of carbonyl (C=O) groups excluding carboxylic acids is 2. The first-order chi connectivity index (χ1) is 8.69. The minimum Gasteiger partial charge on any atom is -0.321 e. The Morgan fingerprint density at radius 3 is 2.94 bits per heavy atom. The number of hydrazone groups is 1. The van der Waals surface area contributed by atoms with Crippen LogP contribution in [0.5, 0.6) is 0 Å². The van der Waals surface area contributed by atoms with Crippen LogP contribution < -0.4 is 10.7 Å². The normalized spacial score (nSPS) is 14.7. The van der Waals surface area contributed by atoms with Crippen molar-refractivity contribution in [1.29, 1.82) is 0 Å². The van der Waals surface area contributed by atoms with Crippen molar-refractivity contribution in [2.75, 3.05) is 5.32 Å². The van der Waals surface area contributed by atoms with E-state index in [-0.39, 0.29) is 11.8 Å². The number of rotatable bonds is 3. The van der Waals surface area contributed by atoms with Crippen molar-refractivity contribution in [3.05, 3.63) is 29.8 Å². The van der Waals surface area contributed by atoms with E-state index in [2.05, 4.69) is 22.8 Å². The molecule has 1 aromatic rings. The molecule has 1 aromatic carbocycles. The summed E-state index contributed by atoms with van der Waals surface area (Å²) in [5.41, 5.74) is 4.58. The average Bonchev–Trinajstić information content (AvgIpc) is 2.39. The summed E-state index contributed by atoms with van der Waals surface area (Å²) in [6, 6.07) is 7.67. The molecule has 2 rings (SSSR count). The zero-order chi connectivity index (χ0) is 13.0. The Morgan fingerprint density at radius 1 is 1.44 bits per heavy atom. The highest BCUT2D eigenvalue weighted by atomic mass is 16.2. The smallest absolute Gasteiger partial charge is 0.271 e. The average molecular weight is 245 g/mol. The first-order valence-corrected chi connectivity index (χ1v) is 5.94. The van der Waals surface area contributed by atoms with E-state index in [1.807, 2.05) is 24.3 Å². The maximum absolute atomic E-state index is 11.9. The molecule has 0 bridgehead atoms. The fraction of sp³-hybridized carbons (Fsp3) is 0.308. The molecular weight excluding hydrogens is 230 g/mol. The van der Waals surface area contributed by atoms with Gasteiger partial charge in [-0.05, 0) is 24.1 Å². The van der Waals surface area contributed by atoms with Crippen LogP contribution in [0.25, 0.3) is 0 Å². The standard InChI is InChI=1S/C13H15N3O2/c1-2-9-4-3-5-10(8-9)14-13(18)11-6-7-12(17)16-15-11/h3-5,8H,2,6-7H2,1H3,(H,14,18)(H,16,17). The molecule has 2 N–H and O–H groups in total. The number of nitrogens with zero attached hydrogens (tertiary/aromatic N) is 1. The van der Waals surface area contributed by atoms with Crippen molar-refractivity contribution in [2.45, 2.75) is 26.2 Å². The van der Waals surface area contributed by atoms with E-state index in [1.54, 1.807) is 0 Å². The molecule has 1 aliphatic heterocycles. The van der Waals surface area contributed by atoms with Crippen molar-refractivity contribution in [3.63, 3.8) is 0 Å². The summed E-state index contributed by atoms with van der Waals surface area (Å²) in [7, 11) is 0. The summed E-state index contributed by atoms with van der Waals surface area (Å²) < 4.78 is 0. The molecule has 2 amide bonds. The first kappa shape index (κ1) is 12.3. The second kappa shape index (κ2) is 5.44. The highest BCUT2D eigenvalue weighted by molar-refractivity contribution is 6.43. The highest BCUT2D eigenvalue weighted by Gasteiger charge is 2.18. The van der Waals surface area contributed by atoms with Crippen LogP contribution >= 0.6 is 0 Å². The van der Waals surface area contributed by atoms with Gasteiger partial charge in [0.15, 0.2) is 0 Å². The third-order valence-corrected chi connectivity index (χ3v) is 2.76. The van der Waals surface area contributed by atoms with Crippen LogP contribution in [0.4, 0.5) is 5.69 Å². The minimum absolute atomic E-state index is 0.153. The molecule has 0 aromatic heterocycles. The lowest BCUT2D eigenvalue weighted by atomic mass is 10.1. The van der Waals surface area contributed by atoms with Gasteiger partial charge in [0, 0.05) is 18.5 Å². The fourth-order valence-corrected chi connectivity index (χ4v) is 1.71. The van der Waals surface area contributed by atoms with Gasteiger partial charge < -0.3 is 5.32 Å². The Hall–Kier alpha value is -2.17. The Morgan fingerprint density at radius 2 is 2.28 bits per heavy atom. The van der Waals surface area contributed by atoms with E-state index in [0.717, 1.165) is 17.7 Å². The molecule has 0 unspecified atom stereocenters. The maximum Gasteiger partial charge on any atom is 0.271 e. The van der Waals surface area contributed by atoms with Gasteiger partial charge in [0.1, 0.15) is 5.71 Å². The highest BCUT2D eigenvalue weighted by Crippen LogP contribution is 2.12. The summed E-state index contributed by atoms with van der Waals surface area (Å²) in [6.07, 6.45) is 1.60. The zero-order valence-electron chi connectivity index (χ0n) is 10.2. The molecule has 0 radical (unpaired) electrons. The number of hydrogen-bond donors (Lipinski definition) is 2. The molecule has 18 heavy (non-hydrogen) atoms. The molecule has 0 atom stereocenters. The Bertz CT molecular complexity index is 509. The van der Waals surface area contributed by atoms with Crippen LogP contribution in [-0.4, -0.2) is 17.5 Å². The quantitative estimate of drug-likeness (QED) is 0.846. The van der Waals surface area contributed by atoms with Gasteiger partial charge in [-0.15, -0.1) is 0 Å². The van der Waals surface area contributed by atoms with Crippen LogP contribution in [0.15, 0.2) is 29.4 Å². The molecule has 0 saturated carbocycles. The number of amides is 2. The molecule has 94 valence electrons. The SMILES string of the molecule is CCc1cccc(NC(=O)C2=NNC(=O)CC2)c1. The summed E-state index contributed by atoms with van der Waals surface area (Å²) in [5, 5.41) is 6.53. The molecule has 0 aliphatic carbocycles. The third kappa shape index (κ3) is 2.94. The first-order valence-electron chi connectivity index (χ1n) is 5.94. The van der Waals surface area contributed by atoms with E-state index < -0.39 is 0 Å². The van der Waals surface area contributed by atoms with E-state index in [0.29, 0.717) is 18.6 Å². The van der Waals surface area contributed by atoms with Gasteiger partial charge in [-0.25, -0.2) is 5.43 Å². The molecule has 1 heterocycles. The van der Waals surface area contributed by atoms with Crippen molar-refractivity contribution in [1.82, 2.24) is 5.43 Å². The third-order valence-electron chi connectivity index (χ3n) is 2.76. The molecular formula is C13H15N3O2. The minimum atomic E-state index is -0.261. The van der Waals surface area contributed by atoms with Crippen LogP contribution in [0.3, 0.4) is 0 Å². The van der Waals surface area contributed by atoms with Crippen molar-refractivity contribution < 1.29 is 9.59 Å². The largest absolute Gasteiger partial charge is 0.321 e. The van der Waals surface area contributed by atoms with Crippen LogP contribution in [-0.2, 0) is 16.0 Å². The lowest BCUT2D eigenvalue weighted by molar-refractivity contribution is -0.121. The van der Waals surface area contributed by atoms with Gasteiger partial charge in [-0.3, -0.25) is 9.59 Å². The van der Waals surface area contributed by atoms with E-state index in [1.165, 1.54) is 0 Å². The van der Waals surface area contributed by atoms with Crippen molar-refractivity contribution >= 4 is 23.2 Å². The summed E-state index contributed by atoms with van der Waals surface area (Å²) in [5.74, 6) is -0.414. The Balaban J connectivity index is 2.04. The van der Waals surface area contributed by atoms with Gasteiger partial charge in [0.2, 0.25) is 5.91 Å². The summed E-state index contributed by atoms with van der Waals surface area (Å²) in [4.78, 5) is 22.8. The van der Waals surface area contributed by atoms with Gasteiger partial charge in [0.05, 0.1) is 0 Å². The number of nitrogens with one attached hydrogen (secondary N) is 2. The fourth-order valence-electron chi connectivity index (χ4n) is 1.71. The molecule has 0 fully saturated rings. The summed E-state index contributed by atoms with van der Waals surface area (Å²) in [6.45, 7) is 2.06. The van der Waals surface area contributed by atoms with Crippen LogP contribution in [0.2, 0.25) is 0 Å². The van der Waals surface area contributed by atoms with E-state index in [4.69, 9.17) is 0 Å². The predicted molar refractivity (Wildman–Crippen MR) is 69.3 cm³/mol. The topological polar surface area (TPSA) is 70.6 Å². The number of hydrogen-bond acceptors (Lipinski definition) is 3. The second-order valence-electron chi connectivity index (χ2n) is 4.10. The van der Waals surface area contributed by atoms with Crippen molar-refractivity contribution in [2.24, 2.45) is 5.10 Å². The van der Waals surface area contributed by atoms with Crippen LogP contribution in [0.1, 0.15) is 25.3 Å². The van der Waals surface area contributed by atoms with Crippen LogP contribution in [0, 0.1) is 0 Å².